The zero-order valence-corrected chi connectivity index (χ0v) is 41.3. The molecule has 0 aliphatic heterocycles. The molecule has 6 heteroatoms. The summed E-state index contributed by atoms with van der Waals surface area (Å²) in [7, 11) is 0. The van der Waals surface area contributed by atoms with Crippen molar-refractivity contribution in [3.05, 3.63) is 72.9 Å². The normalized spacial score (nSPS) is 12.6. The molecular weight excluding hydrogens is 781 g/mol. The first-order valence-electron chi connectivity index (χ1n) is 26.5. The van der Waals surface area contributed by atoms with Crippen LogP contribution in [0.1, 0.15) is 252 Å². The van der Waals surface area contributed by atoms with Crippen LogP contribution in [0.25, 0.3) is 0 Å². The van der Waals surface area contributed by atoms with E-state index in [2.05, 4.69) is 75.5 Å². The van der Waals surface area contributed by atoms with Gasteiger partial charge in [-0.3, -0.25) is 14.4 Å². The van der Waals surface area contributed by atoms with Gasteiger partial charge >= 0.3 is 17.9 Å². The van der Waals surface area contributed by atoms with Gasteiger partial charge in [0.25, 0.3) is 0 Å². The van der Waals surface area contributed by atoms with Gasteiger partial charge in [-0.25, -0.2) is 0 Å². The Morgan fingerprint density at radius 2 is 0.619 bits per heavy atom. The zero-order valence-electron chi connectivity index (χ0n) is 41.3. The van der Waals surface area contributed by atoms with E-state index in [-0.39, 0.29) is 31.1 Å². The third-order valence-electron chi connectivity index (χ3n) is 11.3. The van der Waals surface area contributed by atoms with Crippen LogP contribution < -0.4 is 0 Å². The number of hydrogen-bond donors (Lipinski definition) is 0. The van der Waals surface area contributed by atoms with Crippen LogP contribution in [0, 0.1) is 0 Å². The molecule has 0 N–H and O–H groups in total. The van der Waals surface area contributed by atoms with Gasteiger partial charge in [-0.1, -0.05) is 241 Å². The Labute approximate surface area is 389 Å². The Balaban J connectivity index is 4.46. The van der Waals surface area contributed by atoms with Gasteiger partial charge in [-0.05, 0) is 64.2 Å². The van der Waals surface area contributed by atoms with Crippen LogP contribution >= 0.6 is 0 Å². The third kappa shape index (κ3) is 49.7. The second-order valence-electron chi connectivity index (χ2n) is 17.5. The van der Waals surface area contributed by atoms with Crippen molar-refractivity contribution in [2.75, 3.05) is 13.2 Å². The molecule has 0 aromatic heterocycles. The average Bonchev–Trinajstić information content (AvgIpc) is 3.28. The van der Waals surface area contributed by atoms with Crippen molar-refractivity contribution in [3.8, 4) is 0 Å². The molecule has 362 valence electrons. The molecule has 0 amide bonds. The van der Waals surface area contributed by atoms with Crippen LogP contribution in [0.3, 0.4) is 0 Å². The fourth-order valence-electron chi connectivity index (χ4n) is 7.33. The molecule has 0 aromatic rings. The number of rotatable bonds is 47. The van der Waals surface area contributed by atoms with Crippen LogP contribution in [0.5, 0.6) is 0 Å². The summed E-state index contributed by atoms with van der Waals surface area (Å²) in [6, 6.07) is 0. The lowest BCUT2D eigenvalue weighted by atomic mass is 10.0. The Morgan fingerprint density at radius 3 is 1.00 bits per heavy atom. The minimum atomic E-state index is -0.796. The van der Waals surface area contributed by atoms with Gasteiger partial charge in [0.1, 0.15) is 13.2 Å². The van der Waals surface area contributed by atoms with Crippen molar-refractivity contribution in [1.82, 2.24) is 0 Å². The molecule has 0 aromatic carbocycles. The lowest BCUT2D eigenvalue weighted by molar-refractivity contribution is -0.167. The summed E-state index contributed by atoms with van der Waals surface area (Å²) in [4.78, 5) is 38.0. The summed E-state index contributed by atoms with van der Waals surface area (Å²) in [6.07, 6.45) is 64.5. The molecule has 0 saturated carbocycles. The lowest BCUT2D eigenvalue weighted by Gasteiger charge is -2.18. The summed E-state index contributed by atoms with van der Waals surface area (Å²) < 4.78 is 16.8. The zero-order chi connectivity index (χ0) is 45.8. The minimum Gasteiger partial charge on any atom is -0.462 e. The highest BCUT2D eigenvalue weighted by atomic mass is 16.6. The van der Waals surface area contributed by atoms with Crippen LogP contribution in [0.2, 0.25) is 0 Å². The van der Waals surface area contributed by atoms with E-state index >= 15 is 0 Å². The molecule has 1 unspecified atom stereocenters. The second kappa shape index (κ2) is 51.5. The maximum Gasteiger partial charge on any atom is 0.306 e. The minimum absolute atomic E-state index is 0.0921. The molecule has 0 rings (SSSR count). The van der Waals surface area contributed by atoms with Gasteiger partial charge < -0.3 is 14.2 Å². The van der Waals surface area contributed by atoms with E-state index in [4.69, 9.17) is 14.2 Å². The Morgan fingerprint density at radius 1 is 0.333 bits per heavy atom. The molecule has 63 heavy (non-hydrogen) atoms. The van der Waals surface area contributed by atoms with Crippen LogP contribution in [-0.2, 0) is 28.6 Å². The Kier molecular flexibility index (Phi) is 48.9. The van der Waals surface area contributed by atoms with Crippen molar-refractivity contribution in [1.29, 1.82) is 0 Å². The smallest absolute Gasteiger partial charge is 0.306 e. The summed E-state index contributed by atoms with van der Waals surface area (Å²) in [5.41, 5.74) is 0. The van der Waals surface area contributed by atoms with E-state index in [0.29, 0.717) is 19.3 Å². The first kappa shape index (κ1) is 59.9. The number of carbonyl (C=O) groups is 3. The van der Waals surface area contributed by atoms with E-state index in [1.807, 2.05) is 18.2 Å². The van der Waals surface area contributed by atoms with Crippen LogP contribution in [-0.4, -0.2) is 37.2 Å². The van der Waals surface area contributed by atoms with Gasteiger partial charge in [-0.2, -0.15) is 0 Å². The third-order valence-corrected chi connectivity index (χ3v) is 11.3. The fraction of sp³-hybridized carbons (Fsp3) is 0.737. The van der Waals surface area contributed by atoms with E-state index < -0.39 is 6.10 Å². The Hall–Kier alpha value is -3.15. The highest BCUT2D eigenvalue weighted by molar-refractivity contribution is 5.71. The van der Waals surface area contributed by atoms with Gasteiger partial charge in [0.15, 0.2) is 6.10 Å². The number of unbranched alkanes of at least 4 members (excludes halogenated alkanes) is 28. The molecule has 0 bridgehead atoms. The summed E-state index contributed by atoms with van der Waals surface area (Å²) in [6.45, 7) is 6.46. The monoisotopic (exact) mass is 879 g/mol. The van der Waals surface area contributed by atoms with Crippen LogP contribution in [0.4, 0.5) is 0 Å². The van der Waals surface area contributed by atoms with Crippen molar-refractivity contribution < 1.29 is 28.6 Å². The molecule has 0 radical (unpaired) electrons. The number of hydrogen-bond acceptors (Lipinski definition) is 6. The van der Waals surface area contributed by atoms with Crippen molar-refractivity contribution in [2.24, 2.45) is 0 Å². The summed E-state index contributed by atoms with van der Waals surface area (Å²) in [5, 5.41) is 0. The predicted molar refractivity (Wildman–Crippen MR) is 270 cm³/mol. The largest absolute Gasteiger partial charge is 0.462 e. The first-order valence-corrected chi connectivity index (χ1v) is 26.5. The molecule has 1 atom stereocenters. The van der Waals surface area contributed by atoms with Crippen molar-refractivity contribution >= 4 is 17.9 Å². The highest BCUT2D eigenvalue weighted by Crippen LogP contribution is 2.15. The number of esters is 3. The summed E-state index contributed by atoms with van der Waals surface area (Å²) >= 11 is 0. The topological polar surface area (TPSA) is 78.9 Å². The standard InChI is InChI=1S/C57H98O6/c1-4-7-10-13-16-19-22-25-28-30-32-35-38-41-44-47-50-56(59)62-53-54(52-61-55(58)49-46-43-40-37-34-31-27-24-21-18-15-12-9-6-3)63-57(60)51-48-45-42-39-36-33-29-26-23-20-17-14-11-8-5-2/h8,11,14,17,20,23,26,28-30,32,35,54H,4-7,9-10,12-13,15-16,18-19,21-22,24-25,27,31,33-34,36-53H2,1-3H3/b11-8-,17-14-,23-20-,29-26-,30-28-,35-32-. The summed E-state index contributed by atoms with van der Waals surface area (Å²) in [5.74, 6) is -0.938. The SMILES string of the molecule is CC\C=C/C=C\C=C/C=C\CCCCCCCC(=O)OC(COC(=O)CCCCC/C=C\C=C/CCCCCCCCC)COC(=O)CCCCCCCCCCCCCCCC. The average molecular weight is 879 g/mol. The quantitative estimate of drug-likeness (QED) is 0.0262. The van der Waals surface area contributed by atoms with E-state index in [1.165, 1.54) is 116 Å². The van der Waals surface area contributed by atoms with Crippen molar-refractivity contribution in [2.45, 2.75) is 258 Å². The predicted octanol–water partition coefficient (Wildman–Crippen LogP) is 17.4. The number of ether oxygens (including phenoxy) is 3. The Bertz CT molecular complexity index is 1190. The molecule has 0 spiro atoms. The molecule has 0 saturated heterocycles. The van der Waals surface area contributed by atoms with E-state index in [1.54, 1.807) is 0 Å². The molecule has 0 fully saturated rings. The van der Waals surface area contributed by atoms with E-state index in [0.717, 1.165) is 96.3 Å². The molecule has 6 nitrogen and oxygen atoms in total. The molecule has 0 aliphatic carbocycles. The molecular formula is C57H98O6. The van der Waals surface area contributed by atoms with Gasteiger partial charge in [0, 0.05) is 19.3 Å². The molecule has 0 aliphatic rings. The maximum absolute atomic E-state index is 12.8. The maximum atomic E-state index is 12.8. The lowest BCUT2D eigenvalue weighted by Crippen LogP contribution is -2.30. The number of allylic oxidation sites excluding steroid dienone is 12. The fourth-order valence-corrected chi connectivity index (χ4v) is 7.33. The second-order valence-corrected chi connectivity index (χ2v) is 17.5. The van der Waals surface area contributed by atoms with Gasteiger partial charge in [0.05, 0.1) is 0 Å². The van der Waals surface area contributed by atoms with Gasteiger partial charge in [0.2, 0.25) is 0 Å². The van der Waals surface area contributed by atoms with Crippen molar-refractivity contribution in [3.63, 3.8) is 0 Å². The highest BCUT2D eigenvalue weighted by Gasteiger charge is 2.19. The first-order chi connectivity index (χ1) is 31.0. The van der Waals surface area contributed by atoms with Gasteiger partial charge in [-0.15, -0.1) is 0 Å². The van der Waals surface area contributed by atoms with E-state index in [9.17, 15) is 14.4 Å². The van der Waals surface area contributed by atoms with Crippen LogP contribution in [0.15, 0.2) is 72.9 Å². The number of carbonyl (C=O) groups excluding carboxylic acids is 3. The molecule has 0 heterocycles.